The Bertz CT molecular complexity index is 598. The van der Waals surface area contributed by atoms with E-state index in [1.54, 1.807) is 19.1 Å². The molecule has 6 heteroatoms. The average molecular weight is 325 g/mol. The van der Waals surface area contributed by atoms with Gasteiger partial charge in [-0.2, -0.15) is 0 Å². The molecule has 1 unspecified atom stereocenters. The molecule has 3 rings (SSSR count). The minimum absolute atomic E-state index is 0.395. The summed E-state index contributed by atoms with van der Waals surface area (Å²) in [7, 11) is 0. The van der Waals surface area contributed by atoms with E-state index < -0.39 is 17.3 Å². The zero-order chi connectivity index (χ0) is 13.8. The van der Waals surface area contributed by atoms with Crippen LogP contribution in [0.15, 0.2) is 16.6 Å². The number of halogens is 1. The number of amides is 1. The number of aliphatic hydroxyl groups is 1. The minimum Gasteiger partial charge on any atom is -0.388 e. The van der Waals surface area contributed by atoms with Crippen LogP contribution < -0.4 is 10.2 Å². The van der Waals surface area contributed by atoms with Crippen LogP contribution >= 0.6 is 15.9 Å². The Morgan fingerprint density at radius 3 is 2.79 bits per heavy atom. The number of carbonyl (C=O) groups is 2. The van der Waals surface area contributed by atoms with E-state index in [2.05, 4.69) is 21.2 Å². The van der Waals surface area contributed by atoms with Crippen molar-refractivity contribution in [3.8, 4) is 0 Å². The molecule has 5 nitrogen and oxygen atoms in total. The molecular weight excluding hydrogens is 312 g/mol. The van der Waals surface area contributed by atoms with E-state index >= 15 is 0 Å². The fourth-order valence-electron chi connectivity index (χ4n) is 2.55. The van der Waals surface area contributed by atoms with Crippen molar-refractivity contribution in [3.05, 3.63) is 22.2 Å². The van der Waals surface area contributed by atoms with Gasteiger partial charge in [-0.3, -0.25) is 9.59 Å². The van der Waals surface area contributed by atoms with Gasteiger partial charge >= 0.3 is 0 Å². The maximum Gasteiger partial charge on any atom is 0.296 e. The molecule has 1 atom stereocenters. The first-order valence-electron chi connectivity index (χ1n) is 6.04. The fraction of sp³-hybridized carbons (Fsp3) is 0.385. The van der Waals surface area contributed by atoms with Crippen LogP contribution in [0.5, 0.6) is 0 Å². The van der Waals surface area contributed by atoms with Crippen molar-refractivity contribution in [2.45, 2.75) is 18.9 Å². The second kappa shape index (κ2) is 4.05. The standard InChI is InChI=1S/C13H13BrN2O3/c1-13(19)2-3-16(6-13)10-5-9-7(4-8(10)14)11(17)12(18)15-9/h4-5,19H,2-3,6H2,1H3,(H,15,17,18). The Balaban J connectivity index is 1.99. The maximum atomic E-state index is 11.6. The Morgan fingerprint density at radius 1 is 1.42 bits per heavy atom. The molecule has 0 saturated carbocycles. The zero-order valence-corrected chi connectivity index (χ0v) is 12.0. The van der Waals surface area contributed by atoms with Crippen LogP contribution in [0.4, 0.5) is 11.4 Å². The number of ketones is 1. The second-order valence-electron chi connectivity index (χ2n) is 5.30. The van der Waals surface area contributed by atoms with Crippen LogP contribution in [-0.2, 0) is 4.79 Å². The number of nitrogens with one attached hydrogen (secondary N) is 1. The lowest BCUT2D eigenvalue weighted by atomic mass is 10.1. The summed E-state index contributed by atoms with van der Waals surface area (Å²) in [5.74, 6) is -1.09. The molecule has 2 N–H and O–H groups in total. The summed E-state index contributed by atoms with van der Waals surface area (Å²) in [6.07, 6.45) is 0.696. The van der Waals surface area contributed by atoms with Gasteiger partial charge in [-0.25, -0.2) is 0 Å². The first-order chi connectivity index (χ1) is 8.87. The number of benzene rings is 1. The number of hydrogen-bond donors (Lipinski definition) is 2. The zero-order valence-electron chi connectivity index (χ0n) is 10.4. The number of nitrogens with zero attached hydrogens (tertiary/aromatic N) is 1. The fourth-order valence-corrected chi connectivity index (χ4v) is 3.14. The predicted molar refractivity (Wildman–Crippen MR) is 74.6 cm³/mol. The molecule has 0 spiro atoms. The molecule has 2 aliphatic heterocycles. The highest BCUT2D eigenvalue weighted by Gasteiger charge is 2.34. The molecule has 0 aromatic heterocycles. The van der Waals surface area contributed by atoms with E-state index in [9.17, 15) is 14.7 Å². The highest BCUT2D eigenvalue weighted by atomic mass is 79.9. The lowest BCUT2D eigenvalue weighted by molar-refractivity contribution is -0.112. The Hall–Kier alpha value is -1.40. The van der Waals surface area contributed by atoms with Gasteiger partial charge in [-0.15, -0.1) is 0 Å². The predicted octanol–water partition coefficient (Wildman–Crippen LogP) is 1.55. The third kappa shape index (κ3) is 2.04. The Labute approximate surface area is 118 Å². The first-order valence-corrected chi connectivity index (χ1v) is 6.83. The number of carbonyl (C=O) groups excluding carboxylic acids is 2. The quantitative estimate of drug-likeness (QED) is 0.769. The molecule has 1 fully saturated rings. The molecule has 1 amide bonds. The first kappa shape index (κ1) is 12.6. The number of Topliss-reactive ketones (excluding diaryl/α,β-unsaturated/α-hetero) is 1. The molecule has 19 heavy (non-hydrogen) atoms. The normalized spacial score (nSPS) is 25.7. The number of fused-ring (bicyclic) bond motifs is 1. The van der Waals surface area contributed by atoms with Crippen LogP contribution in [0.1, 0.15) is 23.7 Å². The molecule has 1 aromatic carbocycles. The van der Waals surface area contributed by atoms with Gasteiger partial charge < -0.3 is 15.3 Å². The summed E-state index contributed by atoms with van der Waals surface area (Å²) in [6.45, 7) is 3.08. The summed E-state index contributed by atoms with van der Waals surface area (Å²) < 4.78 is 0.758. The number of hydrogen-bond acceptors (Lipinski definition) is 4. The van der Waals surface area contributed by atoms with E-state index in [-0.39, 0.29) is 0 Å². The van der Waals surface area contributed by atoms with Crippen molar-refractivity contribution < 1.29 is 14.7 Å². The van der Waals surface area contributed by atoms with Gasteiger partial charge in [0.15, 0.2) is 0 Å². The Kier molecular flexibility index (Phi) is 2.69. The van der Waals surface area contributed by atoms with Crippen molar-refractivity contribution >= 4 is 39.0 Å². The SMILES string of the molecule is CC1(O)CCN(c2cc3c(cc2Br)C(=O)C(=O)N3)C1. The van der Waals surface area contributed by atoms with Crippen molar-refractivity contribution in [2.75, 3.05) is 23.3 Å². The third-order valence-corrected chi connectivity index (χ3v) is 4.21. The molecule has 100 valence electrons. The highest BCUT2D eigenvalue weighted by molar-refractivity contribution is 9.10. The van der Waals surface area contributed by atoms with Crippen molar-refractivity contribution in [2.24, 2.45) is 0 Å². The summed E-state index contributed by atoms with van der Waals surface area (Å²) in [4.78, 5) is 25.0. The van der Waals surface area contributed by atoms with E-state index in [0.717, 1.165) is 16.7 Å². The van der Waals surface area contributed by atoms with E-state index in [1.165, 1.54) is 0 Å². The van der Waals surface area contributed by atoms with Crippen LogP contribution in [0.2, 0.25) is 0 Å². The molecule has 2 heterocycles. The summed E-state index contributed by atoms with van der Waals surface area (Å²) in [5.41, 5.74) is 1.12. The van der Waals surface area contributed by atoms with E-state index in [4.69, 9.17) is 0 Å². The van der Waals surface area contributed by atoms with Crippen molar-refractivity contribution in [3.63, 3.8) is 0 Å². The van der Waals surface area contributed by atoms with E-state index in [0.29, 0.717) is 24.2 Å². The maximum absolute atomic E-state index is 11.6. The molecule has 1 saturated heterocycles. The second-order valence-corrected chi connectivity index (χ2v) is 6.16. The van der Waals surface area contributed by atoms with Crippen LogP contribution in [0, 0.1) is 0 Å². The average Bonchev–Trinajstić information content (AvgIpc) is 2.81. The monoisotopic (exact) mass is 324 g/mol. The molecule has 0 radical (unpaired) electrons. The third-order valence-electron chi connectivity index (χ3n) is 3.58. The molecule has 0 aliphatic carbocycles. The van der Waals surface area contributed by atoms with Crippen molar-refractivity contribution in [1.82, 2.24) is 0 Å². The van der Waals surface area contributed by atoms with Gasteiger partial charge in [0.1, 0.15) is 0 Å². The number of anilines is 2. The van der Waals surface area contributed by atoms with Gasteiger partial charge in [0, 0.05) is 17.6 Å². The van der Waals surface area contributed by atoms with Gasteiger partial charge in [0.05, 0.1) is 22.5 Å². The lowest BCUT2D eigenvalue weighted by Gasteiger charge is -2.22. The molecule has 2 aliphatic rings. The molecular formula is C13H13BrN2O3. The lowest BCUT2D eigenvalue weighted by Crippen LogP contribution is -2.29. The minimum atomic E-state index is -0.697. The van der Waals surface area contributed by atoms with Crippen LogP contribution in [-0.4, -0.2) is 35.5 Å². The van der Waals surface area contributed by atoms with Crippen LogP contribution in [0.3, 0.4) is 0 Å². The Morgan fingerprint density at radius 2 is 2.16 bits per heavy atom. The van der Waals surface area contributed by atoms with Crippen LogP contribution in [0.25, 0.3) is 0 Å². The molecule has 1 aromatic rings. The summed E-state index contributed by atoms with van der Waals surface area (Å²) >= 11 is 3.43. The van der Waals surface area contributed by atoms with E-state index in [1.807, 2.05) is 4.90 Å². The molecule has 0 bridgehead atoms. The topological polar surface area (TPSA) is 69.6 Å². The smallest absolute Gasteiger partial charge is 0.296 e. The van der Waals surface area contributed by atoms with Gasteiger partial charge in [-0.1, -0.05) is 0 Å². The van der Waals surface area contributed by atoms with Crippen molar-refractivity contribution in [1.29, 1.82) is 0 Å². The summed E-state index contributed by atoms with van der Waals surface area (Å²) in [6, 6.07) is 3.45. The largest absolute Gasteiger partial charge is 0.388 e. The highest BCUT2D eigenvalue weighted by Crippen LogP contribution is 2.37. The van der Waals surface area contributed by atoms with Gasteiger partial charge in [-0.05, 0) is 41.4 Å². The van der Waals surface area contributed by atoms with Gasteiger partial charge in [0.2, 0.25) is 0 Å². The number of rotatable bonds is 1. The van der Waals surface area contributed by atoms with Gasteiger partial charge in [0.25, 0.3) is 11.7 Å². The number of β-amino-alcohol motifs (C(OH)–C–C–N with tert-alkyl or cyclic N) is 1. The summed E-state index contributed by atoms with van der Waals surface area (Å²) in [5, 5.41) is 12.6.